The molecule has 3 unspecified atom stereocenters. The van der Waals surface area contributed by atoms with Crippen LogP contribution < -0.4 is 0 Å². The molecule has 68 valence electrons. The molecule has 0 aromatic heterocycles. The molecule has 3 nitrogen and oxygen atoms in total. The summed E-state index contributed by atoms with van der Waals surface area (Å²) in [6.45, 7) is 1.65. The Morgan fingerprint density at radius 3 is 2.83 bits per heavy atom. The molecule has 0 bridgehead atoms. The zero-order chi connectivity index (χ0) is 8.02. The van der Waals surface area contributed by atoms with Gasteiger partial charge < -0.3 is 14.2 Å². The van der Waals surface area contributed by atoms with Gasteiger partial charge in [0.15, 0.2) is 5.79 Å². The van der Waals surface area contributed by atoms with E-state index in [1.165, 1.54) is 12.8 Å². The molecule has 3 aliphatic rings. The van der Waals surface area contributed by atoms with Crippen molar-refractivity contribution in [3.05, 3.63) is 0 Å². The fourth-order valence-electron chi connectivity index (χ4n) is 2.31. The van der Waals surface area contributed by atoms with Gasteiger partial charge in [-0.15, -0.1) is 0 Å². The van der Waals surface area contributed by atoms with Crippen molar-refractivity contribution in [1.29, 1.82) is 0 Å². The molecule has 0 N–H and O–H groups in total. The first-order valence-electron chi connectivity index (χ1n) is 4.84. The molecule has 3 saturated heterocycles. The van der Waals surface area contributed by atoms with E-state index >= 15 is 0 Å². The Labute approximate surface area is 72.0 Å². The zero-order valence-corrected chi connectivity index (χ0v) is 7.12. The van der Waals surface area contributed by atoms with E-state index < -0.39 is 0 Å². The molecule has 3 rings (SSSR count). The molecule has 3 heterocycles. The summed E-state index contributed by atoms with van der Waals surface area (Å²) in [6.07, 6.45) is 5.15. The lowest BCUT2D eigenvalue weighted by Crippen LogP contribution is -2.47. The third-order valence-electron chi connectivity index (χ3n) is 3.03. The van der Waals surface area contributed by atoms with E-state index in [1.54, 1.807) is 0 Å². The van der Waals surface area contributed by atoms with Crippen LogP contribution in [0.1, 0.15) is 25.7 Å². The number of hydrogen-bond donors (Lipinski definition) is 0. The van der Waals surface area contributed by atoms with Crippen LogP contribution in [0.5, 0.6) is 0 Å². The smallest absolute Gasteiger partial charge is 0.197 e. The van der Waals surface area contributed by atoms with Crippen molar-refractivity contribution >= 4 is 0 Å². The third-order valence-corrected chi connectivity index (χ3v) is 3.03. The summed E-state index contributed by atoms with van der Waals surface area (Å²) in [5.41, 5.74) is 0. The van der Waals surface area contributed by atoms with Crippen molar-refractivity contribution < 1.29 is 14.2 Å². The van der Waals surface area contributed by atoms with Gasteiger partial charge in [0, 0.05) is 6.42 Å². The molecule has 0 aliphatic carbocycles. The van der Waals surface area contributed by atoms with Gasteiger partial charge in [0.05, 0.1) is 19.3 Å². The largest absolute Gasteiger partial charge is 0.364 e. The maximum atomic E-state index is 5.71. The molecule has 0 radical (unpaired) electrons. The van der Waals surface area contributed by atoms with Gasteiger partial charge in [0.2, 0.25) is 0 Å². The first-order valence-corrected chi connectivity index (χ1v) is 4.84. The fourth-order valence-corrected chi connectivity index (χ4v) is 2.31. The van der Waals surface area contributed by atoms with Crippen molar-refractivity contribution in [3.8, 4) is 0 Å². The molecule has 3 atom stereocenters. The Balaban J connectivity index is 1.78. The van der Waals surface area contributed by atoms with Gasteiger partial charge in [-0.3, -0.25) is 0 Å². The van der Waals surface area contributed by atoms with E-state index in [0.29, 0.717) is 6.10 Å². The molecule has 0 saturated carbocycles. The van der Waals surface area contributed by atoms with Crippen LogP contribution in [0.15, 0.2) is 0 Å². The molecule has 3 aliphatic heterocycles. The Hall–Kier alpha value is -0.120. The number of fused-ring (bicyclic) bond motifs is 2. The summed E-state index contributed by atoms with van der Waals surface area (Å²) in [7, 11) is 0. The van der Waals surface area contributed by atoms with E-state index in [0.717, 1.165) is 26.1 Å². The second-order valence-corrected chi connectivity index (χ2v) is 3.85. The number of ether oxygens (including phenoxy) is 3. The van der Waals surface area contributed by atoms with Crippen LogP contribution >= 0.6 is 0 Å². The quantitative estimate of drug-likeness (QED) is 0.509. The van der Waals surface area contributed by atoms with E-state index in [9.17, 15) is 0 Å². The molecule has 0 aromatic carbocycles. The van der Waals surface area contributed by atoms with Crippen LogP contribution in [0, 0.1) is 0 Å². The Kier molecular flexibility index (Phi) is 1.48. The number of epoxide rings is 1. The average molecular weight is 170 g/mol. The highest BCUT2D eigenvalue weighted by Crippen LogP contribution is 2.46. The number of hydrogen-bond acceptors (Lipinski definition) is 3. The normalized spacial score (nSPS) is 52.0. The SMILES string of the molecule is C1CCC2(OC1)OCCC1OC12. The monoisotopic (exact) mass is 170 g/mol. The van der Waals surface area contributed by atoms with Crippen LogP contribution in [0.2, 0.25) is 0 Å². The first-order chi connectivity index (χ1) is 5.91. The van der Waals surface area contributed by atoms with Gasteiger partial charge in [-0.25, -0.2) is 0 Å². The molecule has 3 fully saturated rings. The van der Waals surface area contributed by atoms with Gasteiger partial charge in [-0.05, 0) is 19.3 Å². The van der Waals surface area contributed by atoms with Gasteiger partial charge in [-0.2, -0.15) is 0 Å². The lowest BCUT2D eigenvalue weighted by atomic mass is 9.97. The highest BCUT2D eigenvalue weighted by atomic mass is 16.7. The molecule has 0 amide bonds. The van der Waals surface area contributed by atoms with Crippen molar-refractivity contribution in [2.75, 3.05) is 13.2 Å². The van der Waals surface area contributed by atoms with Gasteiger partial charge in [-0.1, -0.05) is 0 Å². The molecular weight excluding hydrogens is 156 g/mol. The third kappa shape index (κ3) is 0.934. The minimum absolute atomic E-state index is 0.256. The van der Waals surface area contributed by atoms with Crippen LogP contribution in [0.3, 0.4) is 0 Å². The minimum Gasteiger partial charge on any atom is -0.364 e. The highest BCUT2D eigenvalue weighted by Gasteiger charge is 2.59. The Morgan fingerprint density at radius 1 is 1.08 bits per heavy atom. The zero-order valence-electron chi connectivity index (χ0n) is 7.12. The summed E-state index contributed by atoms with van der Waals surface area (Å²) >= 11 is 0. The van der Waals surface area contributed by atoms with Crippen molar-refractivity contribution in [1.82, 2.24) is 0 Å². The second-order valence-electron chi connectivity index (χ2n) is 3.85. The first kappa shape index (κ1) is 7.30. The Bertz CT molecular complexity index is 181. The van der Waals surface area contributed by atoms with E-state index in [2.05, 4.69) is 0 Å². The van der Waals surface area contributed by atoms with Crippen molar-refractivity contribution in [3.63, 3.8) is 0 Å². The Morgan fingerprint density at radius 2 is 2.00 bits per heavy atom. The molecule has 1 spiro atoms. The number of rotatable bonds is 0. The summed E-state index contributed by atoms with van der Waals surface area (Å²) in [5.74, 6) is -0.332. The molecular formula is C9H14O3. The second kappa shape index (κ2) is 2.44. The van der Waals surface area contributed by atoms with E-state index in [-0.39, 0.29) is 11.9 Å². The highest BCUT2D eigenvalue weighted by molar-refractivity contribution is 5.01. The lowest BCUT2D eigenvalue weighted by Gasteiger charge is -2.37. The van der Waals surface area contributed by atoms with Crippen LogP contribution in [-0.4, -0.2) is 31.2 Å². The standard InChI is InChI=1S/C9H14O3/c1-2-5-10-9(4-1)8-7(12-8)3-6-11-9/h7-8H,1-6H2. The summed E-state index contributed by atoms with van der Waals surface area (Å²) in [5, 5.41) is 0. The predicted molar refractivity (Wildman–Crippen MR) is 41.8 cm³/mol. The minimum atomic E-state index is -0.332. The van der Waals surface area contributed by atoms with Crippen molar-refractivity contribution in [2.45, 2.75) is 43.7 Å². The van der Waals surface area contributed by atoms with Gasteiger partial charge >= 0.3 is 0 Å². The van der Waals surface area contributed by atoms with Gasteiger partial charge in [0.25, 0.3) is 0 Å². The van der Waals surface area contributed by atoms with Crippen LogP contribution in [0.4, 0.5) is 0 Å². The van der Waals surface area contributed by atoms with E-state index in [4.69, 9.17) is 14.2 Å². The average Bonchev–Trinajstić information content (AvgIpc) is 2.87. The van der Waals surface area contributed by atoms with Gasteiger partial charge in [0.1, 0.15) is 6.10 Å². The van der Waals surface area contributed by atoms with E-state index in [1.807, 2.05) is 0 Å². The van der Waals surface area contributed by atoms with Crippen LogP contribution in [-0.2, 0) is 14.2 Å². The topological polar surface area (TPSA) is 31.0 Å². The summed E-state index contributed by atoms with van der Waals surface area (Å²) in [4.78, 5) is 0. The molecule has 3 heteroatoms. The maximum Gasteiger partial charge on any atom is 0.197 e. The van der Waals surface area contributed by atoms with Crippen molar-refractivity contribution in [2.24, 2.45) is 0 Å². The summed E-state index contributed by atoms with van der Waals surface area (Å²) in [6, 6.07) is 0. The molecule has 12 heavy (non-hydrogen) atoms. The molecule has 0 aromatic rings. The fraction of sp³-hybridized carbons (Fsp3) is 1.00. The predicted octanol–water partition coefficient (Wildman–Crippen LogP) is 1.07. The maximum absolute atomic E-state index is 5.71. The summed E-state index contributed by atoms with van der Waals surface area (Å²) < 4.78 is 16.9. The lowest BCUT2D eigenvalue weighted by molar-refractivity contribution is -0.270. The van der Waals surface area contributed by atoms with Crippen LogP contribution in [0.25, 0.3) is 0 Å².